The maximum atomic E-state index is 13.2. The van der Waals surface area contributed by atoms with Crippen molar-refractivity contribution in [1.82, 2.24) is 20.5 Å². The molecule has 4 amide bonds. The number of nitrogens with one attached hydrogen (secondary N) is 2. The summed E-state index contributed by atoms with van der Waals surface area (Å²) in [6.07, 6.45) is 3.65. The van der Waals surface area contributed by atoms with Crippen molar-refractivity contribution in [3.63, 3.8) is 0 Å². The van der Waals surface area contributed by atoms with Gasteiger partial charge in [0.1, 0.15) is 23.7 Å². The Hall–Kier alpha value is -3.49. The number of halogens is 1. The number of amides is 4. The quantitative estimate of drug-likeness (QED) is 0.629. The van der Waals surface area contributed by atoms with E-state index in [9.17, 15) is 18.8 Å². The molecule has 2 aromatic rings. The molecule has 1 aromatic carbocycles. The van der Waals surface area contributed by atoms with Crippen molar-refractivity contribution < 1.29 is 23.5 Å². The van der Waals surface area contributed by atoms with E-state index in [4.69, 9.17) is 4.74 Å². The smallest absolute Gasteiger partial charge is 0.325 e. The van der Waals surface area contributed by atoms with Gasteiger partial charge in [0.05, 0.1) is 0 Å². The molecule has 2 N–H and O–H groups in total. The average Bonchev–Trinajstić information content (AvgIpc) is 2.96. The van der Waals surface area contributed by atoms with E-state index < -0.39 is 17.5 Å². The number of pyridine rings is 1. The van der Waals surface area contributed by atoms with Gasteiger partial charge < -0.3 is 15.4 Å². The lowest BCUT2D eigenvalue weighted by molar-refractivity contribution is -0.137. The van der Waals surface area contributed by atoms with Crippen LogP contribution in [0.25, 0.3) is 0 Å². The van der Waals surface area contributed by atoms with E-state index >= 15 is 0 Å². The predicted molar refractivity (Wildman–Crippen MR) is 122 cm³/mol. The van der Waals surface area contributed by atoms with Crippen molar-refractivity contribution >= 4 is 17.8 Å². The summed E-state index contributed by atoms with van der Waals surface area (Å²) >= 11 is 0. The molecule has 0 radical (unpaired) electrons. The van der Waals surface area contributed by atoms with E-state index in [0.29, 0.717) is 30.4 Å². The highest BCUT2D eigenvalue weighted by Gasteiger charge is 2.56. The van der Waals surface area contributed by atoms with Gasteiger partial charge in [0.25, 0.3) is 5.91 Å². The molecule has 9 heteroatoms. The fraction of sp³-hybridized carbons (Fsp3) is 0.440. The third kappa shape index (κ3) is 5.18. The number of rotatable bonds is 6. The summed E-state index contributed by atoms with van der Waals surface area (Å²) in [4.78, 5) is 43.5. The van der Waals surface area contributed by atoms with Crippen LogP contribution in [0.3, 0.4) is 0 Å². The Morgan fingerprint density at radius 3 is 2.68 bits per heavy atom. The number of carbonyl (C=O) groups excluding carboxylic acids is 3. The van der Waals surface area contributed by atoms with Gasteiger partial charge in [0, 0.05) is 18.8 Å². The standard InChI is InChI=1S/C25H29FN4O4/c1-16-11-24(2,3)15-25(12-16)22(32)30(23(33)29-25)14-20(31)28-13-17-8-9-27-21(10-17)34-19-6-4-18(26)5-7-19/h4-10,16H,11-15H2,1-3H3,(H,28,31)(H,29,33). The molecule has 2 aliphatic rings. The van der Waals surface area contributed by atoms with Gasteiger partial charge in [-0.3, -0.25) is 14.5 Å². The Labute approximate surface area is 197 Å². The molecule has 2 fully saturated rings. The Balaban J connectivity index is 1.35. The van der Waals surface area contributed by atoms with Gasteiger partial charge in [-0.15, -0.1) is 0 Å². The summed E-state index contributed by atoms with van der Waals surface area (Å²) < 4.78 is 18.7. The number of hydrogen-bond acceptors (Lipinski definition) is 5. The lowest BCUT2D eigenvalue weighted by Crippen LogP contribution is -2.54. The number of ether oxygens (including phenoxy) is 1. The van der Waals surface area contributed by atoms with Crippen molar-refractivity contribution in [2.75, 3.05) is 6.54 Å². The number of urea groups is 1. The van der Waals surface area contributed by atoms with E-state index in [1.807, 2.05) is 0 Å². The van der Waals surface area contributed by atoms with Crippen molar-refractivity contribution in [3.05, 3.63) is 54.0 Å². The lowest BCUT2D eigenvalue weighted by atomic mass is 9.64. The molecule has 8 nitrogen and oxygen atoms in total. The number of benzene rings is 1. The Kier molecular flexibility index (Phi) is 6.29. The molecule has 1 aliphatic carbocycles. The number of hydrogen-bond donors (Lipinski definition) is 2. The molecule has 1 aromatic heterocycles. The first kappa shape index (κ1) is 23.7. The Bertz CT molecular complexity index is 1100. The van der Waals surface area contributed by atoms with Gasteiger partial charge in [-0.1, -0.05) is 20.8 Å². The van der Waals surface area contributed by atoms with Gasteiger partial charge in [0.15, 0.2) is 0 Å². The van der Waals surface area contributed by atoms with Crippen molar-refractivity contribution in [1.29, 1.82) is 0 Å². The topological polar surface area (TPSA) is 101 Å². The second-order valence-corrected chi connectivity index (χ2v) is 10.1. The van der Waals surface area contributed by atoms with E-state index in [1.54, 1.807) is 12.1 Å². The van der Waals surface area contributed by atoms with Crippen LogP contribution in [0.4, 0.5) is 9.18 Å². The van der Waals surface area contributed by atoms with E-state index in [0.717, 1.165) is 16.9 Å². The molecule has 34 heavy (non-hydrogen) atoms. The van der Waals surface area contributed by atoms with Gasteiger partial charge in [0.2, 0.25) is 11.8 Å². The molecule has 0 bridgehead atoms. The van der Waals surface area contributed by atoms with E-state index in [2.05, 4.69) is 36.4 Å². The maximum Gasteiger partial charge on any atom is 0.325 e. The molecule has 2 unspecified atom stereocenters. The molecule has 4 rings (SSSR count). The summed E-state index contributed by atoms with van der Waals surface area (Å²) in [7, 11) is 0. The maximum absolute atomic E-state index is 13.2. The largest absolute Gasteiger partial charge is 0.439 e. The van der Waals surface area contributed by atoms with Crippen LogP contribution in [0.2, 0.25) is 0 Å². The zero-order valence-corrected chi connectivity index (χ0v) is 19.6. The minimum absolute atomic E-state index is 0.0755. The molecular formula is C25H29FN4O4. The third-order valence-electron chi connectivity index (χ3n) is 6.25. The first-order chi connectivity index (χ1) is 16.1. The number of nitrogens with zero attached hydrogens (tertiary/aromatic N) is 2. The minimum atomic E-state index is -0.934. The fourth-order valence-corrected chi connectivity index (χ4v) is 5.29. The van der Waals surface area contributed by atoms with Crippen LogP contribution in [0.15, 0.2) is 42.6 Å². The van der Waals surface area contributed by atoms with Gasteiger partial charge >= 0.3 is 6.03 Å². The second kappa shape index (κ2) is 9.04. The van der Waals surface area contributed by atoms with Crippen LogP contribution in [0.1, 0.15) is 45.6 Å². The molecule has 1 saturated carbocycles. The monoisotopic (exact) mass is 468 g/mol. The molecule has 1 aliphatic heterocycles. The second-order valence-electron chi connectivity index (χ2n) is 10.1. The lowest BCUT2D eigenvalue weighted by Gasteiger charge is -2.43. The summed E-state index contributed by atoms with van der Waals surface area (Å²) in [6.45, 7) is 6.11. The number of imide groups is 1. The normalized spacial score (nSPS) is 23.6. The summed E-state index contributed by atoms with van der Waals surface area (Å²) in [5.41, 5.74) is -0.290. The number of aromatic nitrogens is 1. The van der Waals surface area contributed by atoms with Gasteiger partial charge in [-0.05, 0) is 66.5 Å². The van der Waals surface area contributed by atoms with Crippen molar-refractivity contribution in [2.45, 2.75) is 52.1 Å². The Morgan fingerprint density at radius 2 is 1.97 bits per heavy atom. The predicted octanol–water partition coefficient (Wildman–Crippen LogP) is 3.77. The zero-order chi connectivity index (χ0) is 24.5. The van der Waals surface area contributed by atoms with Crippen LogP contribution in [-0.2, 0) is 16.1 Å². The molecule has 2 heterocycles. The molecule has 1 spiro atoms. The van der Waals surface area contributed by atoms with Crippen molar-refractivity contribution in [3.8, 4) is 11.6 Å². The summed E-state index contributed by atoms with van der Waals surface area (Å²) in [6, 6.07) is 8.39. The van der Waals surface area contributed by atoms with Crippen LogP contribution in [0.5, 0.6) is 11.6 Å². The third-order valence-corrected chi connectivity index (χ3v) is 6.25. The van der Waals surface area contributed by atoms with E-state index in [-0.39, 0.29) is 30.2 Å². The fourth-order valence-electron chi connectivity index (χ4n) is 5.29. The van der Waals surface area contributed by atoms with Crippen molar-refractivity contribution in [2.24, 2.45) is 11.3 Å². The van der Waals surface area contributed by atoms with Crippen LogP contribution < -0.4 is 15.4 Å². The first-order valence-electron chi connectivity index (χ1n) is 11.3. The summed E-state index contributed by atoms with van der Waals surface area (Å²) in [5, 5.41) is 5.61. The van der Waals surface area contributed by atoms with Crippen LogP contribution in [0, 0.1) is 17.2 Å². The number of carbonyl (C=O) groups is 3. The van der Waals surface area contributed by atoms with Crippen LogP contribution >= 0.6 is 0 Å². The SMILES string of the molecule is CC1CC(C)(C)CC2(C1)NC(=O)N(CC(=O)NCc1ccnc(Oc3ccc(F)cc3)c1)C2=O. The molecule has 180 valence electrons. The summed E-state index contributed by atoms with van der Waals surface area (Å²) in [5.74, 6) is -0.117. The highest BCUT2D eigenvalue weighted by Crippen LogP contribution is 2.46. The first-order valence-corrected chi connectivity index (χ1v) is 11.3. The molecular weight excluding hydrogens is 439 g/mol. The minimum Gasteiger partial charge on any atom is -0.439 e. The zero-order valence-electron chi connectivity index (χ0n) is 19.6. The highest BCUT2D eigenvalue weighted by atomic mass is 19.1. The average molecular weight is 469 g/mol. The highest BCUT2D eigenvalue weighted by molar-refractivity contribution is 6.09. The van der Waals surface area contributed by atoms with Crippen LogP contribution in [-0.4, -0.2) is 39.8 Å². The van der Waals surface area contributed by atoms with Gasteiger partial charge in [-0.25, -0.2) is 14.2 Å². The van der Waals surface area contributed by atoms with Gasteiger partial charge in [-0.2, -0.15) is 0 Å². The molecule has 2 atom stereocenters. The van der Waals surface area contributed by atoms with E-state index in [1.165, 1.54) is 30.5 Å². The molecule has 1 saturated heterocycles. The Morgan fingerprint density at radius 1 is 1.24 bits per heavy atom.